The van der Waals surface area contributed by atoms with Crippen LogP contribution in [0.4, 0.5) is 10.6 Å². The lowest BCUT2D eigenvalue weighted by Gasteiger charge is -2.30. The summed E-state index contributed by atoms with van der Waals surface area (Å²) in [5.41, 5.74) is 2.61. The van der Waals surface area contributed by atoms with Crippen LogP contribution in [0, 0.1) is 0 Å². The van der Waals surface area contributed by atoms with Gasteiger partial charge in [0.1, 0.15) is 17.8 Å². The van der Waals surface area contributed by atoms with Crippen molar-refractivity contribution in [3.05, 3.63) is 59.9 Å². The van der Waals surface area contributed by atoms with Crippen molar-refractivity contribution >= 4 is 22.8 Å². The molecule has 4 aromatic rings. The van der Waals surface area contributed by atoms with E-state index in [1.807, 2.05) is 45.0 Å². The smallest absolute Gasteiger partial charge is 0.331 e. The number of carbonyl (C=O) groups excluding carboxylic acids is 1. The molecule has 0 saturated carbocycles. The van der Waals surface area contributed by atoms with Crippen molar-refractivity contribution in [3.63, 3.8) is 0 Å². The molecule has 1 saturated heterocycles. The Morgan fingerprint density at radius 2 is 1.95 bits per heavy atom. The summed E-state index contributed by atoms with van der Waals surface area (Å²) in [4.78, 5) is 24.3. The molecule has 0 spiro atoms. The third-order valence-corrected chi connectivity index (χ3v) is 7.00. The highest BCUT2D eigenvalue weighted by atomic mass is 16.5. The number of anilines is 1. The van der Waals surface area contributed by atoms with Gasteiger partial charge in [-0.05, 0) is 37.1 Å². The molecule has 0 bridgehead atoms. The van der Waals surface area contributed by atoms with E-state index in [0.717, 1.165) is 61.3 Å². The van der Waals surface area contributed by atoms with Gasteiger partial charge in [-0.2, -0.15) is 0 Å². The summed E-state index contributed by atoms with van der Waals surface area (Å²) in [6, 6.07) is 9.42. The molecule has 0 unspecified atom stereocenters. The summed E-state index contributed by atoms with van der Waals surface area (Å²) < 4.78 is 18.7. The van der Waals surface area contributed by atoms with Crippen molar-refractivity contribution in [1.82, 2.24) is 24.6 Å². The van der Waals surface area contributed by atoms with Crippen molar-refractivity contribution in [1.29, 1.82) is 0 Å². The highest BCUT2D eigenvalue weighted by Gasteiger charge is 2.31. The van der Waals surface area contributed by atoms with Crippen LogP contribution in [0.15, 0.2) is 47.4 Å². The van der Waals surface area contributed by atoms with Crippen molar-refractivity contribution in [3.8, 4) is 11.6 Å². The van der Waals surface area contributed by atoms with Crippen molar-refractivity contribution in [2.24, 2.45) is 0 Å². The topological polar surface area (TPSA) is 108 Å². The van der Waals surface area contributed by atoms with Gasteiger partial charge in [-0.3, -0.25) is 14.8 Å². The Balaban J connectivity index is 1.18. The van der Waals surface area contributed by atoms with Crippen LogP contribution in [0.25, 0.3) is 10.9 Å². The molecule has 1 N–H and O–H groups in total. The van der Waals surface area contributed by atoms with E-state index in [-0.39, 0.29) is 11.4 Å². The van der Waals surface area contributed by atoms with Crippen LogP contribution in [0.2, 0.25) is 0 Å². The number of hydrogen-bond acceptors (Lipinski definition) is 8. The molecule has 10 heteroatoms. The lowest BCUT2D eigenvalue weighted by Crippen LogP contribution is -2.35. The van der Waals surface area contributed by atoms with Crippen LogP contribution < -0.4 is 10.1 Å². The first kappa shape index (κ1) is 23.6. The van der Waals surface area contributed by atoms with Crippen molar-refractivity contribution < 1.29 is 18.8 Å². The van der Waals surface area contributed by atoms with E-state index in [0.29, 0.717) is 29.2 Å². The number of carbonyl (C=O) groups is 1. The van der Waals surface area contributed by atoms with Crippen LogP contribution >= 0.6 is 0 Å². The number of rotatable bonds is 4. The summed E-state index contributed by atoms with van der Waals surface area (Å²) >= 11 is 0. The second-order valence-corrected chi connectivity index (χ2v) is 10.6. The fourth-order valence-electron chi connectivity index (χ4n) is 4.90. The Bertz CT molecular complexity index is 1450. The predicted octanol–water partition coefficient (Wildman–Crippen LogP) is 5.08. The largest absolute Gasteiger partial charge is 0.439 e. The average molecular weight is 503 g/mol. The monoisotopic (exact) mass is 502 g/mol. The summed E-state index contributed by atoms with van der Waals surface area (Å²) in [5, 5.41) is 7.65. The van der Waals surface area contributed by atoms with E-state index in [9.17, 15) is 4.79 Å². The lowest BCUT2D eigenvalue weighted by atomic mass is 9.93. The Kier molecular flexibility index (Phi) is 5.92. The molecule has 1 aromatic carbocycles. The van der Waals surface area contributed by atoms with Gasteiger partial charge in [0, 0.05) is 55.4 Å². The van der Waals surface area contributed by atoms with Crippen LogP contribution in [0.3, 0.4) is 0 Å². The molecule has 6 rings (SSSR count). The minimum absolute atomic E-state index is 0.195. The molecule has 5 heterocycles. The first-order valence-corrected chi connectivity index (χ1v) is 12.6. The molecule has 0 radical (unpaired) electrons. The molecule has 0 atom stereocenters. The zero-order chi connectivity index (χ0) is 25.6. The number of aromatic nitrogens is 4. The lowest BCUT2D eigenvalue weighted by molar-refractivity contribution is 0.0323. The van der Waals surface area contributed by atoms with E-state index >= 15 is 0 Å². The van der Waals surface area contributed by atoms with Crippen LogP contribution in [0.1, 0.15) is 50.6 Å². The molecular formula is C27H30N6O4. The van der Waals surface area contributed by atoms with Gasteiger partial charge in [-0.15, -0.1) is 0 Å². The standard InChI is InChI=1S/C27H30N6O4/c1-27(2,3)23-13-24(31-37-23)30-26(34)33-9-6-17-12-19(4-5-22(17)33)36-25-20-14-32(15-21(20)28-16-29-25)18-7-10-35-11-8-18/h4-6,9,12-13,16,18H,7-8,10-11,14-15H2,1-3H3,(H,30,31,34). The van der Waals surface area contributed by atoms with E-state index in [1.54, 1.807) is 23.2 Å². The van der Waals surface area contributed by atoms with Gasteiger partial charge in [-0.1, -0.05) is 25.9 Å². The number of amides is 1. The first-order valence-electron chi connectivity index (χ1n) is 12.6. The van der Waals surface area contributed by atoms with Crippen molar-refractivity contribution in [2.45, 2.75) is 58.2 Å². The fourth-order valence-corrected chi connectivity index (χ4v) is 4.90. The normalized spacial score (nSPS) is 16.7. The number of benzene rings is 1. The third kappa shape index (κ3) is 4.70. The first-order chi connectivity index (χ1) is 17.8. The SMILES string of the molecule is CC(C)(C)c1cc(NC(=O)n2ccc3cc(Oc4ncnc5c4CN(C4CCOCC4)C5)ccc32)no1. The summed E-state index contributed by atoms with van der Waals surface area (Å²) in [6.45, 7) is 9.26. The number of nitrogens with one attached hydrogen (secondary N) is 1. The number of ether oxygens (including phenoxy) is 2. The zero-order valence-corrected chi connectivity index (χ0v) is 21.2. The van der Waals surface area contributed by atoms with E-state index < -0.39 is 0 Å². The Morgan fingerprint density at radius 3 is 2.73 bits per heavy atom. The number of fused-ring (bicyclic) bond motifs is 2. The third-order valence-electron chi connectivity index (χ3n) is 7.00. The highest BCUT2D eigenvalue weighted by molar-refractivity contribution is 5.98. The zero-order valence-electron chi connectivity index (χ0n) is 21.2. The predicted molar refractivity (Wildman–Crippen MR) is 137 cm³/mol. The van der Waals surface area contributed by atoms with Gasteiger partial charge in [0.2, 0.25) is 5.88 Å². The van der Waals surface area contributed by atoms with Gasteiger partial charge in [0.25, 0.3) is 0 Å². The van der Waals surface area contributed by atoms with E-state index in [1.165, 1.54) is 0 Å². The van der Waals surface area contributed by atoms with Gasteiger partial charge in [0.15, 0.2) is 5.82 Å². The van der Waals surface area contributed by atoms with Crippen LogP contribution in [-0.4, -0.2) is 49.9 Å². The molecule has 10 nitrogen and oxygen atoms in total. The van der Waals surface area contributed by atoms with Gasteiger partial charge < -0.3 is 14.0 Å². The quantitative estimate of drug-likeness (QED) is 0.411. The van der Waals surface area contributed by atoms with Crippen molar-refractivity contribution in [2.75, 3.05) is 18.5 Å². The van der Waals surface area contributed by atoms with Gasteiger partial charge in [-0.25, -0.2) is 14.8 Å². The summed E-state index contributed by atoms with van der Waals surface area (Å²) in [5.74, 6) is 2.32. The van der Waals surface area contributed by atoms with Gasteiger partial charge >= 0.3 is 6.03 Å². The highest BCUT2D eigenvalue weighted by Crippen LogP contribution is 2.34. The van der Waals surface area contributed by atoms with Gasteiger partial charge in [0.05, 0.1) is 16.8 Å². The number of nitrogens with zero attached hydrogens (tertiary/aromatic N) is 5. The molecule has 0 aliphatic carbocycles. The molecule has 1 amide bonds. The Labute approximate surface area is 214 Å². The second kappa shape index (κ2) is 9.28. The minimum atomic E-state index is -0.320. The molecule has 1 fully saturated rings. The molecular weight excluding hydrogens is 472 g/mol. The second-order valence-electron chi connectivity index (χ2n) is 10.6. The Morgan fingerprint density at radius 1 is 1.11 bits per heavy atom. The maximum atomic E-state index is 12.9. The van der Waals surface area contributed by atoms with Crippen LogP contribution in [-0.2, 0) is 23.2 Å². The molecule has 2 aliphatic rings. The summed E-state index contributed by atoms with van der Waals surface area (Å²) in [6.07, 6.45) is 5.36. The Hall–Kier alpha value is -3.76. The minimum Gasteiger partial charge on any atom is -0.439 e. The van der Waals surface area contributed by atoms with Crippen LogP contribution in [0.5, 0.6) is 11.6 Å². The maximum absolute atomic E-state index is 12.9. The molecule has 192 valence electrons. The summed E-state index contributed by atoms with van der Waals surface area (Å²) in [7, 11) is 0. The fraction of sp³-hybridized carbons (Fsp3) is 0.407. The number of hydrogen-bond donors (Lipinski definition) is 1. The molecule has 37 heavy (non-hydrogen) atoms. The van der Waals surface area contributed by atoms with E-state index in [4.69, 9.17) is 14.0 Å². The molecule has 2 aliphatic heterocycles. The average Bonchev–Trinajstić information content (AvgIpc) is 3.62. The van der Waals surface area contributed by atoms with E-state index in [2.05, 4.69) is 25.3 Å². The molecule has 3 aromatic heterocycles. The maximum Gasteiger partial charge on any atom is 0.331 e.